The van der Waals surface area contributed by atoms with Crippen molar-refractivity contribution in [3.05, 3.63) is 35.4 Å². The maximum Gasteiger partial charge on any atom is 0.406 e. The fraction of sp³-hybridized carbons (Fsp3) is 0.692. The van der Waals surface area contributed by atoms with E-state index in [-0.39, 0.29) is 31.1 Å². The number of benzene rings is 1. The number of hydrogen-bond acceptors (Lipinski definition) is 6. The molecule has 11 heteroatoms. The summed E-state index contributed by atoms with van der Waals surface area (Å²) in [4.78, 5) is 26.3. The van der Waals surface area contributed by atoms with Crippen LogP contribution in [0.3, 0.4) is 0 Å². The van der Waals surface area contributed by atoms with Gasteiger partial charge in [0.05, 0.1) is 19.8 Å². The largest absolute Gasteiger partial charge is 0.453 e. The zero-order valence-electron chi connectivity index (χ0n) is 21.8. The molecular weight excluding hydrogens is 486 g/mol. The molecule has 2 fully saturated rings. The first-order chi connectivity index (χ1) is 17.9. The summed E-state index contributed by atoms with van der Waals surface area (Å²) in [5.41, 5.74) is 0.369. The molecule has 3 rings (SSSR count). The van der Waals surface area contributed by atoms with Gasteiger partial charge in [-0.1, -0.05) is 0 Å². The number of urea groups is 1. The predicted octanol–water partition coefficient (Wildman–Crippen LogP) is 3.20. The Morgan fingerprint density at radius 1 is 1.19 bits per heavy atom. The molecule has 0 spiro atoms. The normalized spacial score (nSPS) is 21.7. The fourth-order valence-electron chi connectivity index (χ4n) is 5.20. The van der Waals surface area contributed by atoms with E-state index in [1.54, 1.807) is 4.90 Å². The molecule has 0 aromatic heterocycles. The van der Waals surface area contributed by atoms with Crippen molar-refractivity contribution in [2.24, 2.45) is 11.8 Å². The minimum absolute atomic E-state index is 0.0293. The molecule has 0 radical (unpaired) electrons. The Bertz CT molecular complexity index is 851. The van der Waals surface area contributed by atoms with Crippen molar-refractivity contribution in [2.75, 3.05) is 60.2 Å². The summed E-state index contributed by atoms with van der Waals surface area (Å²) in [6, 6.07) is 3.15. The molecule has 0 aliphatic carbocycles. The van der Waals surface area contributed by atoms with Crippen LogP contribution in [0.2, 0.25) is 0 Å². The van der Waals surface area contributed by atoms with E-state index in [1.165, 1.54) is 19.2 Å². The molecule has 2 heterocycles. The molecule has 4 atom stereocenters. The van der Waals surface area contributed by atoms with E-state index >= 15 is 0 Å². The van der Waals surface area contributed by atoms with Gasteiger partial charge in [0.2, 0.25) is 0 Å². The van der Waals surface area contributed by atoms with Crippen LogP contribution < -0.4 is 16.0 Å². The number of hydrogen-bond donors (Lipinski definition) is 3. The van der Waals surface area contributed by atoms with Gasteiger partial charge < -0.3 is 35.1 Å². The van der Waals surface area contributed by atoms with Gasteiger partial charge in [-0.2, -0.15) is 0 Å². The molecule has 0 bridgehead atoms. The van der Waals surface area contributed by atoms with Crippen LogP contribution in [0.4, 0.5) is 18.4 Å². The Hall–Kier alpha value is -2.50. The summed E-state index contributed by atoms with van der Waals surface area (Å²) in [7, 11) is 3.13. The smallest absolute Gasteiger partial charge is 0.406 e. The highest BCUT2D eigenvalue weighted by atomic mass is 19.1. The molecule has 0 saturated carbocycles. The van der Waals surface area contributed by atoms with Crippen molar-refractivity contribution >= 4 is 12.1 Å². The predicted molar refractivity (Wildman–Crippen MR) is 134 cm³/mol. The standard InChI is InChI=1S/C26H40F2N4O5/c1-29-15-23(11-18-5-4-9-36-17-18)31-25(33)32-8-3-6-19(16-32)24(37-10-7-30-26(34)35-2)20-12-21(27)14-22(28)13-20/h12-14,18-19,23-24,29H,3-11,15-17H2,1-2H3,(H,30,34)(H,31,33)/t18-,19?,23+,24-/m1/s1. The third kappa shape index (κ3) is 9.39. The van der Waals surface area contributed by atoms with Crippen LogP contribution in [-0.2, 0) is 14.2 Å². The summed E-state index contributed by atoms with van der Waals surface area (Å²) < 4.78 is 44.3. The Morgan fingerprint density at radius 3 is 2.65 bits per heavy atom. The number of nitrogens with zero attached hydrogens (tertiary/aromatic N) is 1. The van der Waals surface area contributed by atoms with Crippen LogP contribution in [0.25, 0.3) is 0 Å². The highest BCUT2D eigenvalue weighted by Crippen LogP contribution is 2.34. The summed E-state index contributed by atoms with van der Waals surface area (Å²) in [6.45, 7) is 3.44. The number of halogens is 2. The van der Waals surface area contributed by atoms with Crippen LogP contribution in [0.5, 0.6) is 0 Å². The first-order valence-corrected chi connectivity index (χ1v) is 13.1. The molecule has 1 aromatic rings. The average Bonchev–Trinajstić information content (AvgIpc) is 2.88. The van der Waals surface area contributed by atoms with Gasteiger partial charge >= 0.3 is 12.1 Å². The van der Waals surface area contributed by atoms with E-state index in [9.17, 15) is 18.4 Å². The molecule has 1 aromatic carbocycles. The van der Waals surface area contributed by atoms with Gasteiger partial charge in [-0.25, -0.2) is 18.4 Å². The van der Waals surface area contributed by atoms with Crippen molar-refractivity contribution in [1.82, 2.24) is 20.9 Å². The lowest BCUT2D eigenvalue weighted by atomic mass is 9.88. The topological polar surface area (TPSA) is 101 Å². The van der Waals surface area contributed by atoms with Crippen molar-refractivity contribution in [2.45, 2.75) is 44.2 Å². The number of likely N-dealkylation sites (N-methyl/N-ethyl adjacent to an activating group) is 1. The van der Waals surface area contributed by atoms with Crippen LogP contribution in [-0.4, -0.2) is 83.2 Å². The Kier molecular flexibility index (Phi) is 11.8. The second-order valence-corrected chi connectivity index (χ2v) is 9.78. The first-order valence-electron chi connectivity index (χ1n) is 13.1. The molecule has 9 nitrogen and oxygen atoms in total. The molecular formula is C26H40F2N4O5. The molecule has 2 saturated heterocycles. The molecule has 2 aliphatic rings. The Balaban J connectivity index is 1.65. The van der Waals surface area contributed by atoms with E-state index in [0.717, 1.165) is 51.4 Å². The Morgan fingerprint density at radius 2 is 1.97 bits per heavy atom. The number of alkyl carbamates (subject to hydrolysis) is 1. The first kappa shape index (κ1) is 29.1. The minimum Gasteiger partial charge on any atom is -0.453 e. The second-order valence-electron chi connectivity index (χ2n) is 9.78. The highest BCUT2D eigenvalue weighted by molar-refractivity contribution is 5.74. The lowest BCUT2D eigenvalue weighted by Gasteiger charge is -2.38. The molecule has 1 unspecified atom stereocenters. The van der Waals surface area contributed by atoms with E-state index in [0.29, 0.717) is 31.1 Å². The number of methoxy groups -OCH3 is 1. The zero-order valence-corrected chi connectivity index (χ0v) is 21.8. The van der Waals surface area contributed by atoms with Crippen molar-refractivity contribution in [1.29, 1.82) is 0 Å². The van der Waals surface area contributed by atoms with Crippen molar-refractivity contribution in [3.8, 4) is 0 Å². The third-order valence-electron chi connectivity index (χ3n) is 6.89. The average molecular weight is 527 g/mol. The number of piperidine rings is 1. The van der Waals surface area contributed by atoms with E-state index < -0.39 is 23.8 Å². The highest BCUT2D eigenvalue weighted by Gasteiger charge is 2.32. The summed E-state index contributed by atoms with van der Waals surface area (Å²) in [5.74, 6) is -1.14. The molecule has 3 N–H and O–H groups in total. The van der Waals surface area contributed by atoms with Crippen molar-refractivity contribution in [3.63, 3.8) is 0 Å². The maximum absolute atomic E-state index is 14.1. The van der Waals surface area contributed by atoms with Gasteiger partial charge in [0.25, 0.3) is 0 Å². The lowest BCUT2D eigenvalue weighted by molar-refractivity contribution is -0.00905. The zero-order chi connectivity index (χ0) is 26.6. The van der Waals surface area contributed by atoms with Gasteiger partial charge in [-0.15, -0.1) is 0 Å². The van der Waals surface area contributed by atoms with Crippen molar-refractivity contribution < 1.29 is 32.6 Å². The second kappa shape index (κ2) is 15.0. The van der Waals surface area contributed by atoms with Gasteiger partial charge in [0, 0.05) is 57.4 Å². The molecule has 208 valence electrons. The summed E-state index contributed by atoms with van der Waals surface area (Å²) in [5, 5.41) is 8.87. The molecule has 37 heavy (non-hydrogen) atoms. The Labute approximate surface area is 217 Å². The van der Waals surface area contributed by atoms with E-state index in [4.69, 9.17) is 9.47 Å². The maximum atomic E-state index is 14.1. The number of likely N-dealkylation sites (tertiary alicyclic amines) is 1. The number of carbonyl (C=O) groups is 2. The van der Waals surface area contributed by atoms with E-state index in [2.05, 4.69) is 20.7 Å². The van der Waals surface area contributed by atoms with Crippen LogP contribution in [0, 0.1) is 23.5 Å². The quantitative estimate of drug-likeness (QED) is 0.383. The third-order valence-corrected chi connectivity index (χ3v) is 6.89. The van der Waals surface area contributed by atoms with Gasteiger partial charge in [0.15, 0.2) is 0 Å². The fourth-order valence-corrected chi connectivity index (χ4v) is 5.20. The SMILES string of the molecule is CNC[C@H](C[C@H]1CCCOC1)NC(=O)N1CCCC([C@@H](OCCNC(=O)OC)c2cc(F)cc(F)c2)C1. The van der Waals surface area contributed by atoms with Gasteiger partial charge in [-0.3, -0.25) is 0 Å². The number of rotatable bonds is 11. The van der Waals surface area contributed by atoms with E-state index in [1.807, 2.05) is 7.05 Å². The number of nitrogens with one attached hydrogen (secondary N) is 3. The molecule has 3 amide bonds. The van der Waals surface area contributed by atoms with Crippen LogP contribution in [0.1, 0.15) is 43.8 Å². The number of ether oxygens (including phenoxy) is 3. The summed E-state index contributed by atoms with van der Waals surface area (Å²) >= 11 is 0. The van der Waals surface area contributed by atoms with Crippen LogP contribution >= 0.6 is 0 Å². The van der Waals surface area contributed by atoms with Gasteiger partial charge in [-0.05, 0) is 62.8 Å². The minimum atomic E-state index is -0.691. The van der Waals surface area contributed by atoms with Crippen LogP contribution in [0.15, 0.2) is 18.2 Å². The monoisotopic (exact) mass is 526 g/mol. The lowest BCUT2D eigenvalue weighted by Crippen LogP contribution is -2.52. The number of carbonyl (C=O) groups excluding carboxylic acids is 2. The van der Waals surface area contributed by atoms with Gasteiger partial charge in [0.1, 0.15) is 11.6 Å². The summed E-state index contributed by atoms with van der Waals surface area (Å²) in [6.07, 6.45) is 3.21. The molecule has 2 aliphatic heterocycles. The number of amides is 3.